The predicted octanol–water partition coefficient (Wildman–Crippen LogP) is 2.35. The van der Waals surface area contributed by atoms with Crippen molar-refractivity contribution in [2.45, 2.75) is 13.8 Å². The molecule has 1 aromatic rings. The first-order chi connectivity index (χ1) is 6.06. The van der Waals surface area contributed by atoms with Gasteiger partial charge in [0.15, 0.2) is 17.3 Å². The first-order valence-electron chi connectivity index (χ1n) is 3.91. The van der Waals surface area contributed by atoms with Crippen molar-refractivity contribution >= 4 is 5.78 Å². The fourth-order valence-corrected chi connectivity index (χ4v) is 1.09. The minimum absolute atomic E-state index is 0.0959. The molecule has 0 atom stereocenters. The maximum atomic E-state index is 13.2. The van der Waals surface area contributed by atoms with Gasteiger partial charge in [-0.2, -0.15) is 0 Å². The molecule has 0 amide bonds. The summed E-state index contributed by atoms with van der Waals surface area (Å²) in [5.74, 6) is -0.390. The van der Waals surface area contributed by atoms with Crippen LogP contribution in [0.4, 0.5) is 4.39 Å². The molecule has 0 aliphatic rings. The summed E-state index contributed by atoms with van der Waals surface area (Å²) < 4.78 is 18.0. The van der Waals surface area contributed by atoms with Gasteiger partial charge < -0.3 is 4.74 Å². The van der Waals surface area contributed by atoms with Gasteiger partial charge in [-0.3, -0.25) is 4.79 Å². The van der Waals surface area contributed by atoms with Crippen LogP contribution in [0.25, 0.3) is 0 Å². The number of Topliss-reactive ketones (excluding diaryl/α,β-unsaturated/α-hetero) is 1. The summed E-state index contributed by atoms with van der Waals surface area (Å²) in [6.45, 7) is 3.04. The molecule has 0 bridgehead atoms. The first-order valence-corrected chi connectivity index (χ1v) is 3.91. The van der Waals surface area contributed by atoms with E-state index in [0.717, 1.165) is 0 Å². The topological polar surface area (TPSA) is 26.3 Å². The molecule has 0 N–H and O–H groups in total. The Morgan fingerprint density at radius 1 is 1.46 bits per heavy atom. The highest BCUT2D eigenvalue weighted by atomic mass is 19.1. The monoisotopic (exact) mass is 182 g/mol. The molecule has 70 valence electrons. The molecule has 2 nitrogen and oxygen atoms in total. The Bertz CT molecular complexity index is 345. The number of hydrogen-bond acceptors (Lipinski definition) is 2. The summed E-state index contributed by atoms with van der Waals surface area (Å²) in [5.41, 5.74) is 0.889. The number of carbonyl (C=O) groups is 1. The minimum Gasteiger partial charge on any atom is -0.494 e. The van der Waals surface area contributed by atoms with E-state index in [4.69, 9.17) is 4.74 Å². The quantitative estimate of drug-likeness (QED) is 0.656. The lowest BCUT2D eigenvalue weighted by atomic mass is 10.1. The number of ether oxygens (including phenoxy) is 1. The van der Waals surface area contributed by atoms with Crippen LogP contribution in [0.2, 0.25) is 0 Å². The van der Waals surface area contributed by atoms with Gasteiger partial charge in [-0.1, -0.05) is 0 Å². The Labute approximate surface area is 76.3 Å². The summed E-state index contributed by atoms with van der Waals surface area (Å²) in [5, 5.41) is 0. The Balaban J connectivity index is 3.30. The maximum Gasteiger partial charge on any atom is 0.167 e. The molecule has 0 saturated heterocycles. The lowest BCUT2D eigenvalue weighted by molar-refractivity contribution is 0.101. The van der Waals surface area contributed by atoms with E-state index in [9.17, 15) is 9.18 Å². The van der Waals surface area contributed by atoms with Crippen molar-refractivity contribution in [2.75, 3.05) is 7.11 Å². The highest BCUT2D eigenvalue weighted by Crippen LogP contribution is 2.22. The number of aryl methyl sites for hydroxylation is 1. The fourth-order valence-electron chi connectivity index (χ4n) is 1.09. The van der Waals surface area contributed by atoms with Crippen LogP contribution in [0.1, 0.15) is 22.8 Å². The fraction of sp³-hybridized carbons (Fsp3) is 0.300. The van der Waals surface area contributed by atoms with Crippen molar-refractivity contribution in [2.24, 2.45) is 0 Å². The Kier molecular flexibility index (Phi) is 2.66. The molecule has 1 aromatic carbocycles. The Morgan fingerprint density at radius 3 is 2.54 bits per heavy atom. The summed E-state index contributed by atoms with van der Waals surface area (Å²) in [7, 11) is 1.38. The molecule has 0 spiro atoms. The third-order valence-electron chi connectivity index (χ3n) is 1.85. The van der Waals surface area contributed by atoms with Gasteiger partial charge in [0.25, 0.3) is 0 Å². The van der Waals surface area contributed by atoms with Gasteiger partial charge in [-0.25, -0.2) is 4.39 Å². The zero-order valence-electron chi connectivity index (χ0n) is 7.85. The number of hydrogen-bond donors (Lipinski definition) is 0. The van der Waals surface area contributed by atoms with Crippen molar-refractivity contribution in [3.63, 3.8) is 0 Å². The van der Waals surface area contributed by atoms with Gasteiger partial charge in [-0.15, -0.1) is 0 Å². The van der Waals surface area contributed by atoms with Crippen LogP contribution >= 0.6 is 0 Å². The average Bonchev–Trinajstić information content (AvgIpc) is 2.09. The van der Waals surface area contributed by atoms with Crippen LogP contribution in [0.3, 0.4) is 0 Å². The van der Waals surface area contributed by atoms with Gasteiger partial charge in [0.2, 0.25) is 0 Å². The summed E-state index contributed by atoms with van der Waals surface area (Å²) in [6.07, 6.45) is 0. The van der Waals surface area contributed by atoms with Crippen molar-refractivity contribution in [1.82, 2.24) is 0 Å². The lowest BCUT2D eigenvalue weighted by Gasteiger charge is -2.06. The van der Waals surface area contributed by atoms with E-state index < -0.39 is 5.82 Å². The third-order valence-corrected chi connectivity index (χ3v) is 1.85. The normalized spacial score (nSPS) is 9.85. The number of ketones is 1. The molecule has 0 saturated carbocycles. The summed E-state index contributed by atoms with van der Waals surface area (Å²) in [6, 6.07) is 2.92. The average molecular weight is 182 g/mol. The lowest BCUT2D eigenvalue weighted by Crippen LogP contribution is -1.98. The highest BCUT2D eigenvalue weighted by Gasteiger charge is 2.09. The minimum atomic E-state index is -0.410. The standard InChI is InChI=1S/C10H11FO2/c1-6-4-8(7(2)12)5-9(13-3)10(6)11/h4-5H,1-3H3. The van der Waals surface area contributed by atoms with Gasteiger partial charge >= 0.3 is 0 Å². The Morgan fingerprint density at radius 2 is 2.08 bits per heavy atom. The van der Waals surface area contributed by atoms with Gasteiger partial charge in [0.1, 0.15) is 0 Å². The van der Waals surface area contributed by atoms with Crippen molar-refractivity contribution in [3.8, 4) is 5.75 Å². The molecule has 1 rings (SSSR count). The highest BCUT2D eigenvalue weighted by molar-refractivity contribution is 5.94. The molecule has 0 radical (unpaired) electrons. The van der Waals surface area contributed by atoms with Crippen molar-refractivity contribution in [3.05, 3.63) is 29.1 Å². The van der Waals surface area contributed by atoms with Crippen LogP contribution < -0.4 is 4.74 Å². The molecule has 3 heteroatoms. The van der Waals surface area contributed by atoms with Gasteiger partial charge in [0.05, 0.1) is 7.11 Å². The summed E-state index contributed by atoms with van der Waals surface area (Å²) in [4.78, 5) is 11.0. The second-order valence-corrected chi connectivity index (χ2v) is 2.87. The van der Waals surface area contributed by atoms with E-state index in [1.165, 1.54) is 26.2 Å². The van der Waals surface area contributed by atoms with Gasteiger partial charge in [-0.05, 0) is 31.5 Å². The molecular weight excluding hydrogens is 171 g/mol. The van der Waals surface area contributed by atoms with E-state index >= 15 is 0 Å². The van der Waals surface area contributed by atoms with E-state index in [1.807, 2.05) is 0 Å². The largest absolute Gasteiger partial charge is 0.494 e. The van der Waals surface area contributed by atoms with E-state index in [-0.39, 0.29) is 11.5 Å². The number of benzene rings is 1. The summed E-state index contributed by atoms with van der Waals surface area (Å²) >= 11 is 0. The molecular formula is C10H11FO2. The Hall–Kier alpha value is -1.38. The smallest absolute Gasteiger partial charge is 0.167 e. The first kappa shape index (κ1) is 9.71. The van der Waals surface area contributed by atoms with Crippen LogP contribution in [0, 0.1) is 12.7 Å². The van der Waals surface area contributed by atoms with E-state index in [2.05, 4.69) is 0 Å². The molecule has 0 fully saturated rings. The SMILES string of the molecule is COc1cc(C(C)=O)cc(C)c1F. The van der Waals surface area contributed by atoms with E-state index in [0.29, 0.717) is 11.1 Å². The zero-order valence-corrected chi connectivity index (χ0v) is 7.85. The molecule has 0 unspecified atom stereocenters. The number of rotatable bonds is 2. The second-order valence-electron chi connectivity index (χ2n) is 2.87. The molecule has 0 aromatic heterocycles. The van der Waals surface area contributed by atoms with Crippen molar-refractivity contribution < 1.29 is 13.9 Å². The predicted molar refractivity (Wildman–Crippen MR) is 47.7 cm³/mol. The zero-order chi connectivity index (χ0) is 10.0. The molecule has 13 heavy (non-hydrogen) atoms. The van der Waals surface area contributed by atoms with Crippen LogP contribution in [-0.4, -0.2) is 12.9 Å². The van der Waals surface area contributed by atoms with Crippen molar-refractivity contribution in [1.29, 1.82) is 0 Å². The molecule has 0 aliphatic carbocycles. The number of methoxy groups -OCH3 is 1. The second kappa shape index (κ2) is 3.56. The van der Waals surface area contributed by atoms with Gasteiger partial charge in [0, 0.05) is 5.56 Å². The van der Waals surface area contributed by atoms with E-state index in [1.54, 1.807) is 6.92 Å². The van der Waals surface area contributed by atoms with Crippen LogP contribution in [0.5, 0.6) is 5.75 Å². The third kappa shape index (κ3) is 1.86. The number of carbonyl (C=O) groups excluding carboxylic acids is 1. The molecule has 0 heterocycles. The van der Waals surface area contributed by atoms with Crippen LogP contribution in [-0.2, 0) is 0 Å². The van der Waals surface area contributed by atoms with Crippen LogP contribution in [0.15, 0.2) is 12.1 Å². The molecule has 0 aliphatic heterocycles. The number of halogens is 1. The maximum absolute atomic E-state index is 13.2.